The summed E-state index contributed by atoms with van der Waals surface area (Å²) in [5.41, 5.74) is 0. The summed E-state index contributed by atoms with van der Waals surface area (Å²) < 4.78 is 20.6. The fraction of sp³-hybridized carbons (Fsp3) is 0.818. The first kappa shape index (κ1) is 13.9. The molecule has 0 aromatic heterocycles. The second kappa shape index (κ2) is 6.56. The first-order chi connectivity index (χ1) is 8.01. The maximum absolute atomic E-state index is 10.9. The first-order valence-electron chi connectivity index (χ1n) is 5.50. The highest BCUT2D eigenvalue weighted by molar-refractivity contribution is 5.66. The predicted molar refractivity (Wildman–Crippen MR) is 57.1 cm³/mol. The molecule has 3 atom stereocenters. The highest BCUT2D eigenvalue weighted by Gasteiger charge is 2.31. The van der Waals surface area contributed by atoms with Gasteiger partial charge in [-0.25, -0.2) is 0 Å². The van der Waals surface area contributed by atoms with Crippen molar-refractivity contribution >= 4 is 11.9 Å². The highest BCUT2D eigenvalue weighted by Crippen LogP contribution is 2.23. The van der Waals surface area contributed by atoms with Crippen molar-refractivity contribution in [3.05, 3.63) is 0 Å². The second-order valence-corrected chi connectivity index (χ2v) is 3.93. The van der Waals surface area contributed by atoms with E-state index < -0.39 is 6.29 Å². The second-order valence-electron chi connectivity index (χ2n) is 3.93. The average molecular weight is 246 g/mol. The van der Waals surface area contributed by atoms with Crippen molar-refractivity contribution in [3.63, 3.8) is 0 Å². The third-order valence-electron chi connectivity index (χ3n) is 2.39. The Labute approximate surface area is 100 Å². The van der Waals surface area contributed by atoms with E-state index in [1.54, 1.807) is 0 Å². The normalized spacial score (nSPS) is 28.5. The van der Waals surface area contributed by atoms with Gasteiger partial charge in [-0.15, -0.1) is 0 Å². The standard InChI is InChI=1S/C11H18O6/c1-7(12)15-6-10-4-9(16-8(2)13)5-11(14-3)17-10/h9-11H,4-6H2,1-3H3. The van der Waals surface area contributed by atoms with Gasteiger partial charge in [-0.2, -0.15) is 0 Å². The fourth-order valence-electron chi connectivity index (χ4n) is 1.73. The molecule has 1 rings (SSSR count). The van der Waals surface area contributed by atoms with E-state index in [2.05, 4.69) is 0 Å². The van der Waals surface area contributed by atoms with E-state index in [1.165, 1.54) is 21.0 Å². The zero-order valence-electron chi connectivity index (χ0n) is 10.3. The van der Waals surface area contributed by atoms with E-state index in [4.69, 9.17) is 18.9 Å². The van der Waals surface area contributed by atoms with Crippen molar-refractivity contribution in [2.24, 2.45) is 0 Å². The molecule has 0 radical (unpaired) electrons. The largest absolute Gasteiger partial charge is 0.463 e. The number of rotatable bonds is 4. The number of carbonyl (C=O) groups is 2. The van der Waals surface area contributed by atoms with Gasteiger partial charge in [0, 0.05) is 33.8 Å². The molecule has 0 amide bonds. The van der Waals surface area contributed by atoms with Crippen molar-refractivity contribution in [2.75, 3.05) is 13.7 Å². The van der Waals surface area contributed by atoms with Gasteiger partial charge in [-0.3, -0.25) is 9.59 Å². The lowest BCUT2D eigenvalue weighted by molar-refractivity contribution is -0.220. The summed E-state index contributed by atoms with van der Waals surface area (Å²) in [5.74, 6) is -0.699. The summed E-state index contributed by atoms with van der Waals surface area (Å²) in [5, 5.41) is 0. The van der Waals surface area contributed by atoms with Crippen molar-refractivity contribution < 1.29 is 28.5 Å². The molecule has 1 fully saturated rings. The smallest absolute Gasteiger partial charge is 0.302 e. The van der Waals surface area contributed by atoms with E-state index in [9.17, 15) is 9.59 Å². The molecule has 0 aromatic rings. The Kier molecular flexibility index (Phi) is 5.37. The molecule has 1 heterocycles. The molecule has 0 saturated carbocycles. The molecule has 17 heavy (non-hydrogen) atoms. The molecular weight excluding hydrogens is 228 g/mol. The summed E-state index contributed by atoms with van der Waals surface area (Å²) in [6.45, 7) is 2.84. The minimum absolute atomic E-state index is 0.146. The van der Waals surface area contributed by atoms with Crippen LogP contribution < -0.4 is 0 Å². The van der Waals surface area contributed by atoms with Crippen molar-refractivity contribution in [1.82, 2.24) is 0 Å². The Balaban J connectivity index is 2.47. The maximum Gasteiger partial charge on any atom is 0.302 e. The third-order valence-corrected chi connectivity index (χ3v) is 2.39. The zero-order valence-corrected chi connectivity index (χ0v) is 10.3. The van der Waals surface area contributed by atoms with Gasteiger partial charge < -0.3 is 18.9 Å². The zero-order chi connectivity index (χ0) is 12.8. The number of hydrogen-bond acceptors (Lipinski definition) is 6. The van der Waals surface area contributed by atoms with Gasteiger partial charge in [0.1, 0.15) is 12.7 Å². The van der Waals surface area contributed by atoms with E-state index in [-0.39, 0.29) is 30.8 Å². The van der Waals surface area contributed by atoms with Crippen LogP contribution in [0.25, 0.3) is 0 Å². The molecule has 1 aliphatic rings. The lowest BCUT2D eigenvalue weighted by atomic mass is 10.1. The topological polar surface area (TPSA) is 71.1 Å². The highest BCUT2D eigenvalue weighted by atomic mass is 16.7. The van der Waals surface area contributed by atoms with Crippen molar-refractivity contribution in [2.45, 2.75) is 45.2 Å². The van der Waals surface area contributed by atoms with Crippen LogP contribution in [0.2, 0.25) is 0 Å². The number of ether oxygens (including phenoxy) is 4. The van der Waals surface area contributed by atoms with Crippen LogP contribution in [0.1, 0.15) is 26.7 Å². The van der Waals surface area contributed by atoms with Gasteiger partial charge in [0.15, 0.2) is 6.29 Å². The molecule has 0 bridgehead atoms. The number of methoxy groups -OCH3 is 1. The molecule has 0 N–H and O–H groups in total. The quantitative estimate of drug-likeness (QED) is 0.678. The number of hydrogen-bond donors (Lipinski definition) is 0. The van der Waals surface area contributed by atoms with E-state index in [1.807, 2.05) is 0 Å². The molecule has 6 heteroatoms. The molecular formula is C11H18O6. The minimum atomic E-state index is -0.436. The van der Waals surface area contributed by atoms with Crippen LogP contribution in [0.3, 0.4) is 0 Å². The van der Waals surface area contributed by atoms with Crippen molar-refractivity contribution in [1.29, 1.82) is 0 Å². The van der Waals surface area contributed by atoms with Gasteiger partial charge in [0.2, 0.25) is 0 Å². The van der Waals surface area contributed by atoms with Gasteiger partial charge in [-0.05, 0) is 0 Å². The van der Waals surface area contributed by atoms with Crippen LogP contribution in [0.5, 0.6) is 0 Å². The van der Waals surface area contributed by atoms with Crippen LogP contribution in [-0.4, -0.2) is 44.2 Å². The Morgan fingerprint density at radius 3 is 2.47 bits per heavy atom. The SMILES string of the molecule is COC1CC(OC(C)=O)CC(COC(C)=O)O1. The Morgan fingerprint density at radius 2 is 1.94 bits per heavy atom. The Morgan fingerprint density at radius 1 is 1.24 bits per heavy atom. The molecule has 98 valence electrons. The van der Waals surface area contributed by atoms with Gasteiger partial charge in [0.05, 0.1) is 6.10 Å². The van der Waals surface area contributed by atoms with Crippen LogP contribution in [-0.2, 0) is 28.5 Å². The molecule has 1 saturated heterocycles. The fourth-order valence-corrected chi connectivity index (χ4v) is 1.73. The molecule has 0 aromatic carbocycles. The van der Waals surface area contributed by atoms with E-state index >= 15 is 0 Å². The number of esters is 2. The molecule has 3 unspecified atom stereocenters. The summed E-state index contributed by atoms with van der Waals surface area (Å²) in [7, 11) is 1.52. The first-order valence-corrected chi connectivity index (χ1v) is 5.50. The molecule has 6 nitrogen and oxygen atoms in total. The third kappa shape index (κ3) is 5.14. The van der Waals surface area contributed by atoms with E-state index in [0.717, 1.165) is 0 Å². The average Bonchev–Trinajstić information content (AvgIpc) is 2.25. The van der Waals surface area contributed by atoms with Gasteiger partial charge in [0.25, 0.3) is 0 Å². The molecule has 0 aliphatic carbocycles. The van der Waals surface area contributed by atoms with Crippen LogP contribution in [0.4, 0.5) is 0 Å². The Bertz CT molecular complexity index is 277. The van der Waals surface area contributed by atoms with Crippen LogP contribution in [0, 0.1) is 0 Å². The summed E-state index contributed by atoms with van der Waals surface area (Å²) >= 11 is 0. The summed E-state index contributed by atoms with van der Waals surface area (Å²) in [6, 6.07) is 0. The lowest BCUT2D eigenvalue weighted by Crippen LogP contribution is -2.40. The summed E-state index contributed by atoms with van der Waals surface area (Å²) in [4.78, 5) is 21.6. The maximum atomic E-state index is 10.9. The van der Waals surface area contributed by atoms with E-state index in [0.29, 0.717) is 12.8 Å². The predicted octanol–water partition coefficient (Wildman–Crippen LogP) is 0.633. The minimum Gasteiger partial charge on any atom is -0.463 e. The van der Waals surface area contributed by atoms with Crippen LogP contribution in [0.15, 0.2) is 0 Å². The van der Waals surface area contributed by atoms with Gasteiger partial charge >= 0.3 is 11.9 Å². The number of carbonyl (C=O) groups excluding carboxylic acids is 2. The van der Waals surface area contributed by atoms with Gasteiger partial charge in [-0.1, -0.05) is 0 Å². The molecule has 0 spiro atoms. The Hall–Kier alpha value is -1.14. The molecule has 1 aliphatic heterocycles. The summed E-state index contributed by atoms with van der Waals surface area (Å²) in [6.07, 6.45) is 0.00157. The van der Waals surface area contributed by atoms with Crippen molar-refractivity contribution in [3.8, 4) is 0 Å². The van der Waals surface area contributed by atoms with Crippen LogP contribution >= 0.6 is 0 Å². The lowest BCUT2D eigenvalue weighted by Gasteiger charge is -2.33. The monoisotopic (exact) mass is 246 g/mol.